The van der Waals surface area contributed by atoms with E-state index in [0.29, 0.717) is 13.1 Å². The van der Waals surface area contributed by atoms with Crippen LogP contribution < -0.4 is 0 Å². The van der Waals surface area contributed by atoms with E-state index in [1.807, 2.05) is 17.0 Å². The normalized spacial score (nSPS) is 24.3. The number of hydrogen-bond acceptors (Lipinski definition) is 3. The first-order valence-electron chi connectivity index (χ1n) is 8.36. The second-order valence-corrected chi connectivity index (χ2v) is 7.01. The largest absolute Gasteiger partial charge is 0.396 e. The second kappa shape index (κ2) is 6.57. The molecule has 0 saturated carbocycles. The van der Waals surface area contributed by atoms with E-state index in [1.54, 1.807) is 13.0 Å². The van der Waals surface area contributed by atoms with Crippen LogP contribution in [0, 0.1) is 17.2 Å². The van der Waals surface area contributed by atoms with Gasteiger partial charge in [0.15, 0.2) is 0 Å². The average molecular weight is 320 g/mol. The number of hydrogen-bond donors (Lipinski definition) is 1. The van der Waals surface area contributed by atoms with Gasteiger partial charge in [-0.2, -0.15) is 0 Å². The monoisotopic (exact) mass is 320 g/mol. The van der Waals surface area contributed by atoms with E-state index < -0.39 is 0 Å². The number of benzene rings is 1. The van der Waals surface area contributed by atoms with Gasteiger partial charge < -0.3 is 10.0 Å². The Morgan fingerprint density at radius 2 is 2.04 bits per heavy atom. The van der Waals surface area contributed by atoms with Gasteiger partial charge in [0.25, 0.3) is 0 Å². The lowest BCUT2D eigenvalue weighted by molar-refractivity contribution is -0.128. The molecule has 1 amide bonds. The number of rotatable bonds is 3. The third kappa shape index (κ3) is 3.26. The number of amides is 1. The summed E-state index contributed by atoms with van der Waals surface area (Å²) in [5.74, 6) is 0.112. The van der Waals surface area contributed by atoms with E-state index in [2.05, 4.69) is 4.90 Å². The SMILES string of the molecule is CC(=O)N1CC(CO)C2(CCN(Cc3ccccc3F)CC2)C1. The highest BCUT2D eigenvalue weighted by atomic mass is 19.1. The lowest BCUT2D eigenvalue weighted by Gasteiger charge is -2.42. The highest BCUT2D eigenvalue weighted by Gasteiger charge is 2.48. The van der Waals surface area contributed by atoms with Crippen LogP contribution in [0.5, 0.6) is 0 Å². The molecule has 23 heavy (non-hydrogen) atoms. The fourth-order valence-corrected chi connectivity index (χ4v) is 4.12. The van der Waals surface area contributed by atoms with E-state index in [1.165, 1.54) is 6.07 Å². The number of carbonyl (C=O) groups excluding carboxylic acids is 1. The minimum atomic E-state index is -0.148. The quantitative estimate of drug-likeness (QED) is 0.925. The molecule has 0 aromatic heterocycles. The van der Waals surface area contributed by atoms with Crippen LogP contribution in [0.1, 0.15) is 25.3 Å². The van der Waals surface area contributed by atoms with Gasteiger partial charge in [-0.3, -0.25) is 9.69 Å². The second-order valence-electron chi connectivity index (χ2n) is 7.01. The molecule has 1 aromatic carbocycles. The van der Waals surface area contributed by atoms with Crippen LogP contribution in [-0.2, 0) is 11.3 Å². The van der Waals surface area contributed by atoms with Crippen molar-refractivity contribution in [2.45, 2.75) is 26.3 Å². The molecule has 1 atom stereocenters. The zero-order chi connectivity index (χ0) is 16.4. The summed E-state index contributed by atoms with van der Waals surface area (Å²) in [7, 11) is 0. The van der Waals surface area contributed by atoms with E-state index in [0.717, 1.165) is 38.0 Å². The fraction of sp³-hybridized carbons (Fsp3) is 0.611. The first kappa shape index (κ1) is 16.4. The van der Waals surface area contributed by atoms with Crippen LogP contribution in [-0.4, -0.2) is 53.6 Å². The molecule has 0 radical (unpaired) electrons. The van der Waals surface area contributed by atoms with E-state index in [-0.39, 0.29) is 29.7 Å². The van der Waals surface area contributed by atoms with Gasteiger partial charge in [0, 0.05) is 44.6 Å². The van der Waals surface area contributed by atoms with Crippen molar-refractivity contribution < 1.29 is 14.3 Å². The highest BCUT2D eigenvalue weighted by molar-refractivity contribution is 5.73. The lowest BCUT2D eigenvalue weighted by Crippen LogP contribution is -2.45. The van der Waals surface area contributed by atoms with Crippen molar-refractivity contribution in [3.8, 4) is 0 Å². The van der Waals surface area contributed by atoms with Gasteiger partial charge in [0.2, 0.25) is 5.91 Å². The molecule has 5 heteroatoms. The maximum Gasteiger partial charge on any atom is 0.219 e. The Morgan fingerprint density at radius 1 is 1.35 bits per heavy atom. The number of aliphatic hydroxyl groups is 1. The molecule has 2 fully saturated rings. The van der Waals surface area contributed by atoms with Gasteiger partial charge >= 0.3 is 0 Å². The maximum absolute atomic E-state index is 13.8. The van der Waals surface area contributed by atoms with Crippen LogP contribution in [0.4, 0.5) is 4.39 Å². The molecule has 1 aromatic rings. The molecule has 1 spiro atoms. The van der Waals surface area contributed by atoms with Crippen LogP contribution in [0.25, 0.3) is 0 Å². The molecule has 2 saturated heterocycles. The molecule has 0 bridgehead atoms. The number of likely N-dealkylation sites (tertiary alicyclic amines) is 2. The topological polar surface area (TPSA) is 43.8 Å². The Morgan fingerprint density at radius 3 is 2.65 bits per heavy atom. The van der Waals surface area contributed by atoms with Crippen molar-refractivity contribution in [3.63, 3.8) is 0 Å². The number of halogens is 1. The van der Waals surface area contributed by atoms with Crippen LogP contribution in [0.2, 0.25) is 0 Å². The predicted molar refractivity (Wildman–Crippen MR) is 86.2 cm³/mol. The summed E-state index contributed by atoms with van der Waals surface area (Å²) in [4.78, 5) is 15.8. The third-order valence-electron chi connectivity index (χ3n) is 5.68. The van der Waals surface area contributed by atoms with Crippen molar-refractivity contribution in [1.82, 2.24) is 9.80 Å². The summed E-state index contributed by atoms with van der Waals surface area (Å²) in [5.41, 5.74) is 0.769. The summed E-state index contributed by atoms with van der Waals surface area (Å²) in [6.45, 7) is 5.55. The number of carbonyl (C=O) groups is 1. The van der Waals surface area contributed by atoms with Crippen molar-refractivity contribution in [3.05, 3.63) is 35.6 Å². The molecule has 2 aliphatic rings. The Hall–Kier alpha value is -1.46. The molecule has 2 heterocycles. The molecular formula is C18H25FN2O2. The number of aliphatic hydroxyl groups excluding tert-OH is 1. The molecule has 0 aliphatic carbocycles. The highest BCUT2D eigenvalue weighted by Crippen LogP contribution is 2.44. The fourth-order valence-electron chi connectivity index (χ4n) is 4.12. The van der Waals surface area contributed by atoms with Crippen molar-refractivity contribution >= 4 is 5.91 Å². The summed E-state index contributed by atoms with van der Waals surface area (Å²) < 4.78 is 13.8. The van der Waals surface area contributed by atoms with Crippen molar-refractivity contribution in [1.29, 1.82) is 0 Å². The van der Waals surface area contributed by atoms with Crippen LogP contribution in [0.3, 0.4) is 0 Å². The molecule has 3 rings (SSSR count). The minimum Gasteiger partial charge on any atom is -0.396 e. The van der Waals surface area contributed by atoms with E-state index >= 15 is 0 Å². The van der Waals surface area contributed by atoms with Gasteiger partial charge in [0.05, 0.1) is 0 Å². The van der Waals surface area contributed by atoms with Crippen LogP contribution >= 0.6 is 0 Å². The summed E-state index contributed by atoms with van der Waals surface area (Å²) >= 11 is 0. The van der Waals surface area contributed by atoms with Gasteiger partial charge in [-0.1, -0.05) is 18.2 Å². The first-order chi connectivity index (χ1) is 11.0. The Bertz CT molecular complexity index is 570. The minimum absolute atomic E-state index is 0.0339. The predicted octanol–water partition coefficient (Wildman–Crippen LogP) is 1.88. The summed E-state index contributed by atoms with van der Waals surface area (Å²) in [6, 6.07) is 6.92. The molecule has 1 N–H and O–H groups in total. The summed E-state index contributed by atoms with van der Waals surface area (Å²) in [6.07, 6.45) is 1.91. The van der Waals surface area contributed by atoms with E-state index in [4.69, 9.17) is 0 Å². The van der Waals surface area contributed by atoms with Gasteiger partial charge in [-0.25, -0.2) is 4.39 Å². The van der Waals surface area contributed by atoms with Gasteiger partial charge in [-0.15, -0.1) is 0 Å². The van der Waals surface area contributed by atoms with Gasteiger partial charge in [0.1, 0.15) is 5.82 Å². The van der Waals surface area contributed by atoms with Crippen LogP contribution in [0.15, 0.2) is 24.3 Å². The lowest BCUT2D eigenvalue weighted by atomic mass is 9.71. The van der Waals surface area contributed by atoms with Crippen molar-refractivity contribution in [2.75, 3.05) is 32.8 Å². The maximum atomic E-state index is 13.8. The summed E-state index contributed by atoms with van der Waals surface area (Å²) in [5, 5.41) is 9.72. The smallest absolute Gasteiger partial charge is 0.219 e. The molecule has 2 aliphatic heterocycles. The Kier molecular flexibility index (Phi) is 4.69. The Balaban J connectivity index is 1.63. The standard InChI is InChI=1S/C18H25FN2O2/c1-14(23)21-11-16(12-22)18(13-21)6-8-20(9-7-18)10-15-4-2-3-5-17(15)19/h2-5,16,22H,6-13H2,1H3. The number of piperidine rings is 1. The third-order valence-corrected chi connectivity index (χ3v) is 5.68. The van der Waals surface area contributed by atoms with Crippen molar-refractivity contribution in [2.24, 2.45) is 11.3 Å². The average Bonchev–Trinajstić information content (AvgIpc) is 2.91. The van der Waals surface area contributed by atoms with E-state index in [9.17, 15) is 14.3 Å². The first-order valence-corrected chi connectivity index (χ1v) is 8.36. The molecule has 1 unspecified atom stereocenters. The Labute approximate surface area is 136 Å². The molecular weight excluding hydrogens is 295 g/mol. The zero-order valence-corrected chi connectivity index (χ0v) is 13.7. The zero-order valence-electron chi connectivity index (χ0n) is 13.7. The molecule has 4 nitrogen and oxygen atoms in total. The molecule has 126 valence electrons. The number of nitrogens with zero attached hydrogens (tertiary/aromatic N) is 2. The van der Waals surface area contributed by atoms with Gasteiger partial charge in [-0.05, 0) is 37.4 Å².